The van der Waals surface area contributed by atoms with Crippen LogP contribution in [0.15, 0.2) is 29.2 Å². The van der Waals surface area contributed by atoms with E-state index in [9.17, 15) is 13.2 Å². The Bertz CT molecular complexity index is 645. The predicted octanol–water partition coefficient (Wildman–Crippen LogP) is 1.65. The third-order valence-corrected chi connectivity index (χ3v) is 5.76. The van der Waals surface area contributed by atoms with Gasteiger partial charge in [-0.2, -0.15) is 0 Å². The van der Waals surface area contributed by atoms with Crippen LogP contribution in [0, 0.1) is 5.92 Å². The number of halogens is 1. The summed E-state index contributed by atoms with van der Waals surface area (Å²) in [5.41, 5.74) is 6.12. The van der Waals surface area contributed by atoms with E-state index in [0.717, 1.165) is 12.8 Å². The first-order valence-corrected chi connectivity index (χ1v) is 9.49. The molecule has 4 N–H and O–H groups in total. The molecule has 0 heterocycles. The van der Waals surface area contributed by atoms with Gasteiger partial charge in [-0.25, -0.2) is 13.1 Å². The van der Waals surface area contributed by atoms with Crippen LogP contribution in [-0.2, 0) is 10.0 Å². The Morgan fingerprint density at radius 1 is 1.29 bits per heavy atom. The third-order valence-electron chi connectivity index (χ3n) is 4.16. The number of nitrogens with two attached hydrogens (primary N) is 1. The van der Waals surface area contributed by atoms with Gasteiger partial charge in [-0.3, -0.25) is 4.79 Å². The van der Waals surface area contributed by atoms with Gasteiger partial charge in [0.1, 0.15) is 0 Å². The molecule has 2 atom stereocenters. The van der Waals surface area contributed by atoms with Crippen LogP contribution >= 0.6 is 12.4 Å². The molecule has 2 rings (SSSR count). The summed E-state index contributed by atoms with van der Waals surface area (Å²) in [7, 11) is -3.55. The van der Waals surface area contributed by atoms with Crippen LogP contribution in [0.25, 0.3) is 0 Å². The number of nitrogens with one attached hydrogen (secondary N) is 2. The molecule has 1 saturated carbocycles. The Morgan fingerprint density at radius 3 is 2.33 bits per heavy atom. The van der Waals surface area contributed by atoms with Crippen molar-refractivity contribution in [1.82, 2.24) is 10.0 Å². The number of amides is 1. The van der Waals surface area contributed by atoms with Crippen molar-refractivity contribution < 1.29 is 13.2 Å². The molecule has 0 spiro atoms. The van der Waals surface area contributed by atoms with Gasteiger partial charge in [0.2, 0.25) is 10.0 Å². The largest absolute Gasteiger partial charge is 0.348 e. The lowest BCUT2D eigenvalue weighted by Gasteiger charge is -2.16. The smallest absolute Gasteiger partial charge is 0.251 e. The number of carbonyl (C=O) groups is 1. The van der Waals surface area contributed by atoms with Crippen molar-refractivity contribution in [2.45, 2.75) is 50.1 Å². The molecule has 0 saturated heterocycles. The maximum absolute atomic E-state index is 12.2. The molecule has 24 heavy (non-hydrogen) atoms. The van der Waals surface area contributed by atoms with Crippen LogP contribution in [0.1, 0.15) is 43.5 Å². The van der Waals surface area contributed by atoms with Gasteiger partial charge in [0.25, 0.3) is 5.91 Å². The molecule has 1 aliphatic rings. The van der Waals surface area contributed by atoms with Gasteiger partial charge in [-0.15, -0.1) is 12.4 Å². The lowest BCUT2D eigenvalue weighted by Crippen LogP contribution is -2.41. The van der Waals surface area contributed by atoms with Crippen molar-refractivity contribution in [3.8, 4) is 0 Å². The maximum atomic E-state index is 12.2. The summed E-state index contributed by atoms with van der Waals surface area (Å²) in [5, 5.41) is 2.92. The topological polar surface area (TPSA) is 101 Å². The third kappa shape index (κ3) is 5.44. The molecule has 2 unspecified atom stereocenters. The molecule has 0 aliphatic heterocycles. The normalized spacial score (nSPS) is 16.8. The average Bonchev–Trinajstić information content (AvgIpc) is 3.36. The fourth-order valence-corrected chi connectivity index (χ4v) is 3.65. The molecule has 0 aromatic heterocycles. The summed E-state index contributed by atoms with van der Waals surface area (Å²) in [5.74, 6) is 0.259. The quantitative estimate of drug-likeness (QED) is 0.643. The van der Waals surface area contributed by atoms with Crippen molar-refractivity contribution in [2.75, 3.05) is 6.54 Å². The first-order chi connectivity index (χ1) is 10.9. The number of carbonyl (C=O) groups excluding carboxylic acids is 1. The first-order valence-electron chi connectivity index (χ1n) is 8.00. The van der Waals surface area contributed by atoms with E-state index < -0.39 is 10.0 Å². The van der Waals surface area contributed by atoms with E-state index in [1.54, 1.807) is 0 Å². The molecule has 1 amide bonds. The highest BCUT2D eigenvalue weighted by Gasteiger charge is 2.31. The second-order valence-electron chi connectivity index (χ2n) is 6.11. The summed E-state index contributed by atoms with van der Waals surface area (Å²) >= 11 is 0. The molecule has 1 aromatic carbocycles. The molecule has 1 aromatic rings. The van der Waals surface area contributed by atoms with Crippen LogP contribution in [0.5, 0.6) is 0 Å². The van der Waals surface area contributed by atoms with E-state index in [1.807, 2.05) is 13.8 Å². The second-order valence-corrected chi connectivity index (χ2v) is 7.82. The highest BCUT2D eigenvalue weighted by Crippen LogP contribution is 2.32. The fraction of sp³-hybridized carbons (Fsp3) is 0.562. The van der Waals surface area contributed by atoms with Crippen LogP contribution in [0.2, 0.25) is 0 Å². The lowest BCUT2D eigenvalue weighted by atomic mass is 10.1. The summed E-state index contributed by atoms with van der Waals surface area (Å²) in [6.07, 6.45) is 2.91. The zero-order valence-electron chi connectivity index (χ0n) is 14.0. The van der Waals surface area contributed by atoms with Gasteiger partial charge in [0.15, 0.2) is 0 Å². The standard InChI is InChI=1S/C16H25N3O3S.ClH/c1-3-11(2)19-23(21,22)14-8-6-13(7-9-14)16(20)18-15(10-17)12-4-5-12;/h6-9,11-12,15,19H,3-5,10,17H2,1-2H3,(H,18,20);1H. The van der Waals surface area contributed by atoms with Gasteiger partial charge >= 0.3 is 0 Å². The van der Waals surface area contributed by atoms with Crippen LogP contribution in [-0.4, -0.2) is 33.0 Å². The molecule has 0 bridgehead atoms. The van der Waals surface area contributed by atoms with Crippen LogP contribution in [0.4, 0.5) is 0 Å². The Balaban J connectivity index is 0.00000288. The van der Waals surface area contributed by atoms with Crippen molar-refractivity contribution >= 4 is 28.3 Å². The number of sulfonamides is 1. The molecular formula is C16H26ClN3O3S. The summed E-state index contributed by atoms with van der Waals surface area (Å²) in [4.78, 5) is 12.4. The molecule has 1 fully saturated rings. The number of hydrogen-bond donors (Lipinski definition) is 3. The molecule has 0 radical (unpaired) electrons. The summed E-state index contributed by atoms with van der Waals surface area (Å²) in [6.45, 7) is 4.14. The van der Waals surface area contributed by atoms with Crippen LogP contribution in [0.3, 0.4) is 0 Å². The minimum atomic E-state index is -3.55. The summed E-state index contributed by atoms with van der Waals surface area (Å²) in [6, 6.07) is 5.83. The highest BCUT2D eigenvalue weighted by molar-refractivity contribution is 7.89. The molecular weight excluding hydrogens is 350 g/mol. The van der Waals surface area contributed by atoms with E-state index in [0.29, 0.717) is 24.4 Å². The Labute approximate surface area is 150 Å². The van der Waals surface area contributed by atoms with Gasteiger partial charge in [0, 0.05) is 24.2 Å². The molecule has 8 heteroatoms. The highest BCUT2D eigenvalue weighted by atomic mass is 35.5. The maximum Gasteiger partial charge on any atom is 0.251 e. The number of rotatable bonds is 8. The van der Waals surface area contributed by atoms with E-state index in [4.69, 9.17) is 5.73 Å². The predicted molar refractivity (Wildman–Crippen MR) is 96.8 cm³/mol. The van der Waals surface area contributed by atoms with Crippen molar-refractivity contribution in [1.29, 1.82) is 0 Å². The van der Waals surface area contributed by atoms with Gasteiger partial charge in [0.05, 0.1) is 4.90 Å². The number of benzene rings is 1. The summed E-state index contributed by atoms with van der Waals surface area (Å²) < 4.78 is 26.9. The van der Waals surface area contributed by atoms with Gasteiger partial charge in [-0.1, -0.05) is 6.92 Å². The average molecular weight is 376 g/mol. The van der Waals surface area contributed by atoms with Crippen molar-refractivity contribution in [2.24, 2.45) is 11.7 Å². The monoisotopic (exact) mass is 375 g/mol. The Kier molecular flexibility index (Phi) is 7.66. The first kappa shape index (κ1) is 20.9. The Morgan fingerprint density at radius 2 is 1.88 bits per heavy atom. The minimum Gasteiger partial charge on any atom is -0.348 e. The van der Waals surface area contributed by atoms with Crippen LogP contribution < -0.4 is 15.8 Å². The van der Waals surface area contributed by atoms with Crippen molar-refractivity contribution in [3.05, 3.63) is 29.8 Å². The van der Waals surface area contributed by atoms with E-state index in [1.165, 1.54) is 24.3 Å². The van der Waals surface area contributed by atoms with E-state index in [-0.39, 0.29) is 35.3 Å². The lowest BCUT2D eigenvalue weighted by molar-refractivity contribution is 0.0933. The molecule has 6 nitrogen and oxygen atoms in total. The molecule has 136 valence electrons. The number of hydrogen-bond acceptors (Lipinski definition) is 4. The zero-order valence-corrected chi connectivity index (χ0v) is 15.6. The van der Waals surface area contributed by atoms with E-state index in [2.05, 4.69) is 10.0 Å². The minimum absolute atomic E-state index is 0. The SMILES string of the molecule is CCC(C)NS(=O)(=O)c1ccc(C(=O)NC(CN)C2CC2)cc1.Cl. The van der Waals surface area contributed by atoms with E-state index >= 15 is 0 Å². The molecule has 1 aliphatic carbocycles. The second kappa shape index (κ2) is 8.80. The van der Waals surface area contributed by atoms with Gasteiger partial charge in [-0.05, 0) is 56.4 Å². The van der Waals surface area contributed by atoms with Crippen molar-refractivity contribution in [3.63, 3.8) is 0 Å². The Hall–Kier alpha value is -1.15. The zero-order chi connectivity index (χ0) is 17.0. The van der Waals surface area contributed by atoms with Gasteiger partial charge < -0.3 is 11.1 Å². The fourth-order valence-electron chi connectivity index (χ4n) is 2.32.